The Morgan fingerprint density at radius 1 is 1.80 bits per heavy atom. The van der Waals surface area contributed by atoms with E-state index in [9.17, 15) is 4.79 Å². The molecule has 1 rings (SSSR count). The van der Waals surface area contributed by atoms with Crippen molar-refractivity contribution in [1.82, 2.24) is 0 Å². The smallest absolute Gasteiger partial charge is 0.349 e. The molecule has 0 spiro atoms. The van der Waals surface area contributed by atoms with Gasteiger partial charge in [0.15, 0.2) is 0 Å². The molecule has 0 bridgehead atoms. The molecule has 0 aliphatic carbocycles. The van der Waals surface area contributed by atoms with Crippen molar-refractivity contribution in [3.05, 3.63) is 24.1 Å². The Morgan fingerprint density at radius 3 is 2.90 bits per heavy atom. The number of carbonyl (C=O) groups is 1. The van der Waals surface area contributed by atoms with Crippen LogP contribution in [0.15, 0.2) is 24.1 Å². The standard InChI is InChI=1S/C6H7NO3/c7-4-1-2-10-5(3-4)6(8)9/h1-3,5H,7H2,(H,8,9)/t5-/m1/s1. The summed E-state index contributed by atoms with van der Waals surface area (Å²) in [6.07, 6.45) is 3.18. The summed E-state index contributed by atoms with van der Waals surface area (Å²) in [5.74, 6) is -1.03. The van der Waals surface area contributed by atoms with Gasteiger partial charge in [-0.05, 0) is 12.2 Å². The Labute approximate surface area is 57.6 Å². The second-order valence-corrected chi connectivity index (χ2v) is 1.86. The first kappa shape index (κ1) is 6.67. The Balaban J connectivity index is 2.69. The topological polar surface area (TPSA) is 72.6 Å². The lowest BCUT2D eigenvalue weighted by atomic mass is 10.2. The van der Waals surface area contributed by atoms with E-state index in [1.165, 1.54) is 18.4 Å². The van der Waals surface area contributed by atoms with Crippen LogP contribution in [0.3, 0.4) is 0 Å². The summed E-state index contributed by atoms with van der Waals surface area (Å²) in [5, 5.41) is 8.40. The highest BCUT2D eigenvalue weighted by molar-refractivity contribution is 5.75. The van der Waals surface area contributed by atoms with Crippen molar-refractivity contribution in [3.8, 4) is 0 Å². The third-order valence-electron chi connectivity index (χ3n) is 1.07. The Morgan fingerprint density at radius 2 is 2.50 bits per heavy atom. The van der Waals surface area contributed by atoms with Crippen LogP contribution in [0.2, 0.25) is 0 Å². The number of ether oxygens (including phenoxy) is 1. The maximum atomic E-state index is 10.2. The SMILES string of the molecule is NC1=C[C@H](C(=O)O)OC=C1. The molecular weight excluding hydrogens is 134 g/mol. The van der Waals surface area contributed by atoms with Crippen LogP contribution in [0, 0.1) is 0 Å². The van der Waals surface area contributed by atoms with E-state index in [4.69, 9.17) is 10.8 Å². The molecule has 0 saturated carbocycles. The summed E-state index contributed by atoms with van der Waals surface area (Å²) in [7, 11) is 0. The normalized spacial score (nSPS) is 23.2. The zero-order valence-corrected chi connectivity index (χ0v) is 5.15. The molecule has 0 saturated heterocycles. The third kappa shape index (κ3) is 1.28. The maximum Gasteiger partial charge on any atom is 0.349 e. The van der Waals surface area contributed by atoms with Gasteiger partial charge in [-0.25, -0.2) is 4.79 Å². The molecule has 1 heterocycles. The van der Waals surface area contributed by atoms with Crippen LogP contribution in [0.4, 0.5) is 0 Å². The Hall–Kier alpha value is -1.45. The number of allylic oxidation sites excluding steroid dienone is 1. The largest absolute Gasteiger partial charge is 0.482 e. The van der Waals surface area contributed by atoms with Crippen molar-refractivity contribution in [2.45, 2.75) is 6.10 Å². The molecule has 54 valence electrons. The van der Waals surface area contributed by atoms with Gasteiger partial charge in [0.1, 0.15) is 0 Å². The molecule has 0 unspecified atom stereocenters. The molecule has 0 aromatic heterocycles. The van der Waals surface area contributed by atoms with E-state index in [0.717, 1.165) is 0 Å². The second-order valence-electron chi connectivity index (χ2n) is 1.86. The summed E-state index contributed by atoms with van der Waals surface area (Å²) in [6, 6.07) is 0. The lowest BCUT2D eigenvalue weighted by Gasteiger charge is -2.11. The molecule has 4 heteroatoms. The summed E-state index contributed by atoms with van der Waals surface area (Å²) in [6.45, 7) is 0. The fourth-order valence-electron chi connectivity index (χ4n) is 0.602. The van der Waals surface area contributed by atoms with E-state index in [-0.39, 0.29) is 0 Å². The number of hydrogen-bond acceptors (Lipinski definition) is 3. The van der Waals surface area contributed by atoms with Crippen molar-refractivity contribution in [3.63, 3.8) is 0 Å². The first-order valence-corrected chi connectivity index (χ1v) is 2.72. The molecule has 1 atom stereocenters. The van der Waals surface area contributed by atoms with Gasteiger partial charge in [-0.2, -0.15) is 0 Å². The van der Waals surface area contributed by atoms with Crippen LogP contribution < -0.4 is 5.73 Å². The molecule has 10 heavy (non-hydrogen) atoms. The summed E-state index contributed by atoms with van der Waals surface area (Å²) in [4.78, 5) is 10.2. The monoisotopic (exact) mass is 141 g/mol. The van der Waals surface area contributed by atoms with E-state index >= 15 is 0 Å². The van der Waals surface area contributed by atoms with Crippen LogP contribution >= 0.6 is 0 Å². The van der Waals surface area contributed by atoms with Crippen molar-refractivity contribution in [2.24, 2.45) is 5.73 Å². The molecule has 1 aliphatic rings. The average Bonchev–Trinajstić information content (AvgIpc) is 1.88. The molecule has 1 aliphatic heterocycles. The molecular formula is C6H7NO3. The van der Waals surface area contributed by atoms with Crippen molar-refractivity contribution in [1.29, 1.82) is 0 Å². The summed E-state index contributed by atoms with van der Waals surface area (Å²) in [5.41, 5.74) is 5.71. The first-order chi connectivity index (χ1) is 4.70. The fraction of sp³-hybridized carbons (Fsp3) is 0.167. The van der Waals surface area contributed by atoms with E-state index in [2.05, 4.69) is 4.74 Å². The zero-order valence-electron chi connectivity index (χ0n) is 5.15. The Bertz CT molecular complexity index is 207. The van der Waals surface area contributed by atoms with E-state index in [1.807, 2.05) is 0 Å². The predicted molar refractivity (Wildman–Crippen MR) is 33.9 cm³/mol. The number of aliphatic carboxylic acids is 1. The maximum absolute atomic E-state index is 10.2. The van der Waals surface area contributed by atoms with E-state index in [0.29, 0.717) is 5.70 Å². The fourth-order valence-corrected chi connectivity index (χ4v) is 0.602. The highest BCUT2D eigenvalue weighted by Gasteiger charge is 2.16. The molecule has 3 N–H and O–H groups in total. The van der Waals surface area contributed by atoms with Crippen LogP contribution in [-0.2, 0) is 9.53 Å². The van der Waals surface area contributed by atoms with Gasteiger partial charge in [-0.3, -0.25) is 0 Å². The van der Waals surface area contributed by atoms with Crippen molar-refractivity contribution in [2.75, 3.05) is 0 Å². The number of carboxylic acid groups (broad SMARTS) is 1. The van der Waals surface area contributed by atoms with Gasteiger partial charge in [0.25, 0.3) is 0 Å². The number of carboxylic acids is 1. The van der Waals surface area contributed by atoms with Crippen molar-refractivity contribution >= 4 is 5.97 Å². The molecule has 0 aromatic rings. The second kappa shape index (κ2) is 2.43. The first-order valence-electron chi connectivity index (χ1n) is 2.72. The number of hydrogen-bond donors (Lipinski definition) is 2. The van der Waals surface area contributed by atoms with E-state index < -0.39 is 12.1 Å². The molecule has 4 nitrogen and oxygen atoms in total. The minimum Gasteiger partial charge on any atom is -0.482 e. The quantitative estimate of drug-likeness (QED) is 0.531. The average molecular weight is 141 g/mol. The van der Waals surface area contributed by atoms with Crippen LogP contribution in [0.25, 0.3) is 0 Å². The summed E-state index contributed by atoms with van der Waals surface area (Å²) >= 11 is 0. The lowest BCUT2D eigenvalue weighted by molar-refractivity contribution is -0.144. The van der Waals surface area contributed by atoms with Crippen molar-refractivity contribution < 1.29 is 14.6 Å². The van der Waals surface area contributed by atoms with Gasteiger partial charge in [-0.15, -0.1) is 0 Å². The Kier molecular flexibility index (Phi) is 1.62. The highest BCUT2D eigenvalue weighted by atomic mass is 16.5. The number of nitrogens with two attached hydrogens (primary N) is 1. The number of rotatable bonds is 1. The van der Waals surface area contributed by atoms with E-state index in [1.54, 1.807) is 0 Å². The zero-order chi connectivity index (χ0) is 7.56. The highest BCUT2D eigenvalue weighted by Crippen LogP contribution is 2.04. The van der Waals surface area contributed by atoms with Gasteiger partial charge >= 0.3 is 5.97 Å². The predicted octanol–water partition coefficient (Wildman–Crippen LogP) is -0.174. The van der Waals surface area contributed by atoms with Gasteiger partial charge < -0.3 is 15.6 Å². The molecule has 0 amide bonds. The van der Waals surface area contributed by atoms with Crippen LogP contribution in [0.5, 0.6) is 0 Å². The van der Waals surface area contributed by atoms with Gasteiger partial charge in [0.2, 0.25) is 6.10 Å². The lowest BCUT2D eigenvalue weighted by Crippen LogP contribution is -2.22. The molecule has 0 radical (unpaired) electrons. The van der Waals surface area contributed by atoms with Gasteiger partial charge in [0.05, 0.1) is 6.26 Å². The van der Waals surface area contributed by atoms with Gasteiger partial charge in [0, 0.05) is 5.70 Å². The summed E-state index contributed by atoms with van der Waals surface area (Å²) < 4.78 is 4.67. The van der Waals surface area contributed by atoms with Gasteiger partial charge in [-0.1, -0.05) is 0 Å². The minimum atomic E-state index is -1.03. The van der Waals surface area contributed by atoms with Crippen LogP contribution in [0.1, 0.15) is 0 Å². The molecule has 0 fully saturated rings. The third-order valence-corrected chi connectivity index (χ3v) is 1.07. The van der Waals surface area contributed by atoms with Crippen LogP contribution in [-0.4, -0.2) is 17.2 Å². The minimum absolute atomic E-state index is 0.415. The molecule has 0 aromatic carbocycles.